The minimum absolute atomic E-state index is 0.0297. The molecule has 17 heavy (non-hydrogen) atoms. The van der Waals surface area contributed by atoms with Crippen LogP contribution in [0.25, 0.3) is 0 Å². The number of aryl methyl sites for hydroxylation is 1. The Labute approximate surface area is 104 Å². The third-order valence-electron chi connectivity index (χ3n) is 2.86. The fraction of sp³-hybridized carbons (Fsp3) is 0.636. The average Bonchev–Trinajstić information content (AvgIpc) is 2.88. The fourth-order valence-electron chi connectivity index (χ4n) is 1.98. The number of amides is 1. The van der Waals surface area contributed by atoms with Crippen LogP contribution in [0.1, 0.15) is 12.1 Å². The molecule has 0 radical (unpaired) electrons. The second-order valence-corrected chi connectivity index (χ2v) is 5.27. The van der Waals surface area contributed by atoms with Crippen molar-refractivity contribution < 1.29 is 9.90 Å². The van der Waals surface area contributed by atoms with Gasteiger partial charge in [0.25, 0.3) is 0 Å². The second kappa shape index (κ2) is 5.57. The average molecular weight is 255 g/mol. The number of carbonyl (C=O) groups excluding carboxylic acids is 1. The molecule has 1 amide bonds. The number of carbonyl (C=O) groups is 1. The van der Waals surface area contributed by atoms with Crippen LogP contribution in [0.2, 0.25) is 0 Å². The third-order valence-corrected chi connectivity index (χ3v) is 3.74. The van der Waals surface area contributed by atoms with Crippen molar-refractivity contribution in [3.8, 4) is 0 Å². The van der Waals surface area contributed by atoms with Crippen LogP contribution in [0.3, 0.4) is 0 Å². The Morgan fingerprint density at radius 2 is 2.59 bits per heavy atom. The van der Waals surface area contributed by atoms with Gasteiger partial charge in [-0.25, -0.2) is 4.98 Å². The number of hydrogen-bond donors (Lipinski definition) is 2. The zero-order chi connectivity index (χ0) is 12.3. The van der Waals surface area contributed by atoms with Gasteiger partial charge in [-0.15, -0.1) is 11.3 Å². The first-order valence-electron chi connectivity index (χ1n) is 5.72. The zero-order valence-corrected chi connectivity index (χ0v) is 10.7. The standard InChI is InChI=1S/C11H17N3O2S/c1-8-7-17-11(12-8)13-10(16)5-14-3-2-9(4-14)6-15/h7,9,15H,2-6H2,1H3,(H,12,13,16)/t9-/m1/s1. The van der Waals surface area contributed by atoms with Crippen LogP contribution in [-0.2, 0) is 4.79 Å². The Kier molecular flexibility index (Phi) is 4.09. The van der Waals surface area contributed by atoms with E-state index < -0.39 is 0 Å². The molecule has 1 atom stereocenters. The van der Waals surface area contributed by atoms with Gasteiger partial charge in [-0.2, -0.15) is 0 Å². The van der Waals surface area contributed by atoms with Crippen molar-refractivity contribution >= 4 is 22.4 Å². The summed E-state index contributed by atoms with van der Waals surface area (Å²) in [6, 6.07) is 0. The summed E-state index contributed by atoms with van der Waals surface area (Å²) in [6.45, 7) is 4.19. The Hall–Kier alpha value is -0.980. The molecule has 1 aliphatic rings. The number of aliphatic hydroxyl groups is 1. The van der Waals surface area contributed by atoms with E-state index in [2.05, 4.69) is 15.2 Å². The molecule has 1 aromatic rings. The van der Waals surface area contributed by atoms with Crippen LogP contribution < -0.4 is 5.32 Å². The number of hydrogen-bond acceptors (Lipinski definition) is 5. The summed E-state index contributed by atoms with van der Waals surface area (Å²) in [5.41, 5.74) is 0.923. The van der Waals surface area contributed by atoms with Gasteiger partial charge >= 0.3 is 0 Å². The Morgan fingerprint density at radius 3 is 3.18 bits per heavy atom. The number of nitrogens with one attached hydrogen (secondary N) is 1. The molecule has 94 valence electrons. The van der Waals surface area contributed by atoms with E-state index in [0.717, 1.165) is 25.2 Å². The molecule has 5 nitrogen and oxygen atoms in total. The maximum absolute atomic E-state index is 11.7. The van der Waals surface area contributed by atoms with E-state index in [1.807, 2.05) is 12.3 Å². The summed E-state index contributed by atoms with van der Waals surface area (Å²) in [5, 5.41) is 14.4. The van der Waals surface area contributed by atoms with E-state index in [9.17, 15) is 4.79 Å². The quantitative estimate of drug-likeness (QED) is 0.831. The monoisotopic (exact) mass is 255 g/mol. The van der Waals surface area contributed by atoms with Crippen molar-refractivity contribution in [2.24, 2.45) is 5.92 Å². The topological polar surface area (TPSA) is 65.5 Å². The summed E-state index contributed by atoms with van der Waals surface area (Å²) in [7, 11) is 0. The SMILES string of the molecule is Cc1csc(NC(=O)CN2CC[C@@H](CO)C2)n1. The molecule has 0 bridgehead atoms. The molecular formula is C11H17N3O2S. The summed E-state index contributed by atoms with van der Waals surface area (Å²) in [4.78, 5) is 18.0. The van der Waals surface area contributed by atoms with E-state index in [1.54, 1.807) is 0 Å². The van der Waals surface area contributed by atoms with Gasteiger partial charge in [0.2, 0.25) is 5.91 Å². The van der Waals surface area contributed by atoms with Gasteiger partial charge in [0.05, 0.1) is 12.2 Å². The zero-order valence-electron chi connectivity index (χ0n) is 9.85. The van der Waals surface area contributed by atoms with Crippen LogP contribution in [0.5, 0.6) is 0 Å². The maximum atomic E-state index is 11.7. The van der Waals surface area contributed by atoms with Crippen molar-refractivity contribution in [2.75, 3.05) is 31.6 Å². The largest absolute Gasteiger partial charge is 0.396 e. The van der Waals surface area contributed by atoms with Crippen LogP contribution >= 0.6 is 11.3 Å². The highest BCUT2D eigenvalue weighted by molar-refractivity contribution is 7.13. The number of aliphatic hydroxyl groups excluding tert-OH is 1. The molecular weight excluding hydrogens is 238 g/mol. The number of likely N-dealkylation sites (tertiary alicyclic amines) is 1. The fourth-order valence-corrected chi connectivity index (χ4v) is 2.68. The molecule has 0 saturated carbocycles. The van der Waals surface area contributed by atoms with Gasteiger partial charge in [0.1, 0.15) is 0 Å². The summed E-state index contributed by atoms with van der Waals surface area (Å²) in [5.74, 6) is 0.294. The number of thiazole rings is 1. The van der Waals surface area contributed by atoms with Crippen LogP contribution in [0.4, 0.5) is 5.13 Å². The lowest BCUT2D eigenvalue weighted by Crippen LogP contribution is -2.31. The summed E-state index contributed by atoms with van der Waals surface area (Å²) >= 11 is 1.44. The molecule has 1 saturated heterocycles. The predicted molar refractivity (Wildman–Crippen MR) is 67.1 cm³/mol. The van der Waals surface area contributed by atoms with Gasteiger partial charge in [0, 0.05) is 18.5 Å². The van der Waals surface area contributed by atoms with Gasteiger partial charge < -0.3 is 10.4 Å². The summed E-state index contributed by atoms with van der Waals surface area (Å²) in [6.07, 6.45) is 0.972. The summed E-state index contributed by atoms with van der Waals surface area (Å²) < 4.78 is 0. The first kappa shape index (κ1) is 12.5. The molecule has 6 heteroatoms. The molecule has 1 aliphatic heterocycles. The predicted octanol–water partition coefficient (Wildman–Crippen LogP) is 0.704. The first-order chi connectivity index (χ1) is 8.17. The molecule has 0 unspecified atom stereocenters. The van der Waals surface area contributed by atoms with E-state index >= 15 is 0 Å². The molecule has 0 spiro atoms. The lowest BCUT2D eigenvalue weighted by Gasteiger charge is -2.14. The highest BCUT2D eigenvalue weighted by atomic mass is 32.1. The third kappa shape index (κ3) is 3.49. The first-order valence-corrected chi connectivity index (χ1v) is 6.60. The van der Waals surface area contributed by atoms with Crippen LogP contribution in [0.15, 0.2) is 5.38 Å². The number of anilines is 1. The van der Waals surface area contributed by atoms with Crippen molar-refractivity contribution in [1.29, 1.82) is 0 Å². The highest BCUT2D eigenvalue weighted by Gasteiger charge is 2.23. The van der Waals surface area contributed by atoms with Gasteiger partial charge in [-0.05, 0) is 25.8 Å². The van der Waals surface area contributed by atoms with Crippen LogP contribution in [-0.4, -0.2) is 47.1 Å². The maximum Gasteiger partial charge on any atom is 0.240 e. The van der Waals surface area contributed by atoms with E-state index in [4.69, 9.17) is 5.11 Å². The van der Waals surface area contributed by atoms with Crippen molar-refractivity contribution in [2.45, 2.75) is 13.3 Å². The lowest BCUT2D eigenvalue weighted by molar-refractivity contribution is -0.117. The molecule has 2 rings (SSSR count). The lowest BCUT2D eigenvalue weighted by atomic mass is 10.1. The second-order valence-electron chi connectivity index (χ2n) is 4.41. The number of nitrogens with zero attached hydrogens (tertiary/aromatic N) is 2. The smallest absolute Gasteiger partial charge is 0.240 e. The minimum atomic E-state index is -0.0297. The van der Waals surface area contributed by atoms with Crippen molar-refractivity contribution in [3.05, 3.63) is 11.1 Å². The highest BCUT2D eigenvalue weighted by Crippen LogP contribution is 2.16. The minimum Gasteiger partial charge on any atom is -0.396 e. The molecule has 1 aromatic heterocycles. The Bertz CT molecular complexity index is 394. The Balaban J connectivity index is 1.78. The van der Waals surface area contributed by atoms with Crippen molar-refractivity contribution in [3.63, 3.8) is 0 Å². The van der Waals surface area contributed by atoms with Crippen LogP contribution in [0, 0.1) is 12.8 Å². The molecule has 0 aromatic carbocycles. The number of aromatic nitrogens is 1. The van der Waals surface area contributed by atoms with E-state index in [-0.39, 0.29) is 12.5 Å². The van der Waals surface area contributed by atoms with Crippen molar-refractivity contribution in [1.82, 2.24) is 9.88 Å². The molecule has 2 heterocycles. The Morgan fingerprint density at radius 1 is 1.76 bits per heavy atom. The normalized spacial score (nSPS) is 20.7. The van der Waals surface area contributed by atoms with Gasteiger partial charge in [0.15, 0.2) is 5.13 Å². The van der Waals surface area contributed by atoms with Gasteiger partial charge in [-0.1, -0.05) is 0 Å². The number of rotatable bonds is 4. The molecule has 0 aliphatic carbocycles. The molecule has 2 N–H and O–H groups in total. The van der Waals surface area contributed by atoms with E-state index in [1.165, 1.54) is 11.3 Å². The van der Waals surface area contributed by atoms with Gasteiger partial charge in [-0.3, -0.25) is 9.69 Å². The molecule has 1 fully saturated rings. The van der Waals surface area contributed by atoms with E-state index in [0.29, 0.717) is 17.6 Å².